The van der Waals surface area contributed by atoms with Gasteiger partial charge in [-0.05, 0) is 43.9 Å². The van der Waals surface area contributed by atoms with E-state index in [0.29, 0.717) is 12.0 Å². The topological polar surface area (TPSA) is 35.6 Å². The highest BCUT2D eigenvalue weighted by atomic mass is 35.5. The smallest absolute Gasteiger partial charge is 0.237 e. The summed E-state index contributed by atoms with van der Waals surface area (Å²) in [4.78, 5) is 17.3. The number of amides is 1. The van der Waals surface area contributed by atoms with Crippen LogP contribution < -0.4 is 10.2 Å². The molecule has 1 amide bonds. The van der Waals surface area contributed by atoms with E-state index in [1.165, 1.54) is 24.9 Å². The summed E-state index contributed by atoms with van der Waals surface area (Å²) in [5, 5.41) is 4.08. The van der Waals surface area contributed by atoms with Crippen molar-refractivity contribution in [2.75, 3.05) is 31.1 Å². The molecule has 1 saturated carbocycles. The van der Waals surface area contributed by atoms with E-state index >= 15 is 0 Å². The van der Waals surface area contributed by atoms with Crippen LogP contribution in [0.5, 0.6) is 0 Å². The number of nitrogens with zero attached hydrogens (tertiary/aromatic N) is 2. The van der Waals surface area contributed by atoms with Crippen molar-refractivity contribution < 1.29 is 4.79 Å². The van der Waals surface area contributed by atoms with E-state index < -0.39 is 0 Å². The van der Waals surface area contributed by atoms with Gasteiger partial charge >= 0.3 is 0 Å². The first-order chi connectivity index (χ1) is 12.0. The van der Waals surface area contributed by atoms with Gasteiger partial charge in [0.25, 0.3) is 0 Å². The average molecular weight is 364 g/mol. The number of carbonyl (C=O) groups is 1. The lowest BCUT2D eigenvalue weighted by molar-refractivity contribution is -0.127. The van der Waals surface area contributed by atoms with Crippen LogP contribution in [0.4, 0.5) is 5.69 Å². The quantitative estimate of drug-likeness (QED) is 0.888. The molecule has 1 aromatic rings. The van der Waals surface area contributed by atoms with Gasteiger partial charge < -0.3 is 10.2 Å². The molecule has 1 saturated heterocycles. The number of carbonyl (C=O) groups excluding carboxylic acids is 1. The zero-order chi connectivity index (χ0) is 17.8. The molecule has 0 aromatic heterocycles. The van der Waals surface area contributed by atoms with Crippen LogP contribution in [0.25, 0.3) is 0 Å². The minimum Gasteiger partial charge on any atom is -0.369 e. The van der Waals surface area contributed by atoms with Crippen LogP contribution in [-0.4, -0.2) is 49.1 Å². The summed E-state index contributed by atoms with van der Waals surface area (Å²) >= 11 is 6.10. The second kappa shape index (κ2) is 8.41. The maximum Gasteiger partial charge on any atom is 0.237 e. The summed E-state index contributed by atoms with van der Waals surface area (Å²) in [6.07, 6.45) is 4.90. The fourth-order valence-corrected chi connectivity index (χ4v) is 4.22. The van der Waals surface area contributed by atoms with Gasteiger partial charge in [-0.25, -0.2) is 0 Å². The highest BCUT2D eigenvalue weighted by Crippen LogP contribution is 2.24. The first kappa shape index (κ1) is 18.5. The largest absolute Gasteiger partial charge is 0.369 e. The first-order valence-corrected chi connectivity index (χ1v) is 9.97. The number of anilines is 1. The zero-order valence-corrected chi connectivity index (χ0v) is 16.1. The predicted molar refractivity (Wildman–Crippen MR) is 104 cm³/mol. The molecule has 1 aromatic carbocycles. The number of hydrogen-bond acceptors (Lipinski definition) is 3. The Kier molecular flexibility index (Phi) is 6.24. The van der Waals surface area contributed by atoms with Crippen molar-refractivity contribution in [1.82, 2.24) is 10.2 Å². The Hall–Kier alpha value is -1.26. The Bertz CT molecular complexity index is 586. The van der Waals surface area contributed by atoms with Crippen LogP contribution in [0.2, 0.25) is 5.02 Å². The van der Waals surface area contributed by atoms with Crippen molar-refractivity contribution in [2.24, 2.45) is 5.92 Å². The summed E-state index contributed by atoms with van der Waals surface area (Å²) in [6, 6.07) is 8.30. The molecule has 0 radical (unpaired) electrons. The van der Waals surface area contributed by atoms with Gasteiger partial charge in [0.05, 0.1) is 6.04 Å². The number of halogens is 1. The van der Waals surface area contributed by atoms with Gasteiger partial charge in [0.15, 0.2) is 0 Å². The summed E-state index contributed by atoms with van der Waals surface area (Å²) < 4.78 is 0. The van der Waals surface area contributed by atoms with Crippen LogP contribution in [0.3, 0.4) is 0 Å². The third-order valence-electron chi connectivity index (χ3n) is 5.85. The van der Waals surface area contributed by atoms with E-state index in [4.69, 9.17) is 11.6 Å². The van der Waals surface area contributed by atoms with Crippen LogP contribution in [0, 0.1) is 5.92 Å². The van der Waals surface area contributed by atoms with Crippen LogP contribution in [0.1, 0.15) is 39.5 Å². The van der Waals surface area contributed by atoms with Crippen LogP contribution in [-0.2, 0) is 4.79 Å². The Labute approximate surface area is 156 Å². The molecule has 1 N–H and O–H groups in total. The minimum atomic E-state index is -0.0596. The standard InChI is InChI=1S/C20H30ClN3O/c1-15-6-3-4-9-19(15)22-20(25)16(2)23-10-12-24(13-11-23)18-8-5-7-17(21)14-18/h5,7-8,14-16,19H,3-4,6,9-13H2,1-2H3,(H,22,25). The van der Waals surface area contributed by atoms with E-state index in [1.54, 1.807) is 0 Å². The molecular formula is C20H30ClN3O. The van der Waals surface area contributed by atoms with Crippen molar-refractivity contribution >= 4 is 23.2 Å². The highest BCUT2D eigenvalue weighted by molar-refractivity contribution is 6.30. The van der Waals surface area contributed by atoms with Crippen LogP contribution >= 0.6 is 11.6 Å². The predicted octanol–water partition coefficient (Wildman–Crippen LogP) is 3.55. The highest BCUT2D eigenvalue weighted by Gasteiger charge is 2.29. The molecule has 1 aliphatic heterocycles. The molecule has 5 heteroatoms. The lowest BCUT2D eigenvalue weighted by atomic mass is 9.86. The normalized spacial score (nSPS) is 26.3. The van der Waals surface area contributed by atoms with Gasteiger partial charge in [-0.2, -0.15) is 0 Å². The van der Waals surface area contributed by atoms with Gasteiger partial charge in [0, 0.05) is 42.9 Å². The molecular weight excluding hydrogens is 334 g/mol. The van der Waals surface area contributed by atoms with E-state index in [2.05, 4.69) is 28.1 Å². The third kappa shape index (κ3) is 4.68. The summed E-state index contributed by atoms with van der Waals surface area (Å²) in [5.41, 5.74) is 1.17. The maximum absolute atomic E-state index is 12.7. The summed E-state index contributed by atoms with van der Waals surface area (Å²) in [5.74, 6) is 0.791. The van der Waals surface area contributed by atoms with E-state index in [1.807, 2.05) is 25.1 Å². The van der Waals surface area contributed by atoms with E-state index in [-0.39, 0.29) is 11.9 Å². The maximum atomic E-state index is 12.7. The molecule has 3 rings (SSSR count). The number of nitrogens with one attached hydrogen (secondary N) is 1. The van der Waals surface area contributed by atoms with E-state index in [0.717, 1.165) is 37.6 Å². The molecule has 2 fully saturated rings. The van der Waals surface area contributed by atoms with Crippen LogP contribution in [0.15, 0.2) is 24.3 Å². The lowest BCUT2D eigenvalue weighted by Gasteiger charge is -2.39. The number of benzene rings is 1. The average Bonchev–Trinajstić information content (AvgIpc) is 2.63. The van der Waals surface area contributed by atoms with Gasteiger partial charge in [-0.1, -0.05) is 37.4 Å². The van der Waals surface area contributed by atoms with Gasteiger partial charge in [-0.3, -0.25) is 9.69 Å². The molecule has 2 aliphatic rings. The van der Waals surface area contributed by atoms with Gasteiger partial charge in [0.2, 0.25) is 5.91 Å². The van der Waals surface area contributed by atoms with Crippen molar-refractivity contribution in [3.63, 3.8) is 0 Å². The number of rotatable bonds is 4. The first-order valence-electron chi connectivity index (χ1n) is 9.59. The fraction of sp³-hybridized carbons (Fsp3) is 0.650. The minimum absolute atomic E-state index is 0.0596. The van der Waals surface area contributed by atoms with Gasteiger partial charge in [0.1, 0.15) is 0 Å². The second-order valence-corrected chi connectivity index (χ2v) is 7.99. The number of piperazine rings is 1. The Morgan fingerprint density at radius 1 is 1.20 bits per heavy atom. The molecule has 3 unspecified atom stereocenters. The molecule has 1 aliphatic carbocycles. The second-order valence-electron chi connectivity index (χ2n) is 7.56. The fourth-order valence-electron chi connectivity index (χ4n) is 4.04. The summed E-state index contributed by atoms with van der Waals surface area (Å²) in [6.45, 7) is 7.97. The number of hydrogen-bond donors (Lipinski definition) is 1. The zero-order valence-electron chi connectivity index (χ0n) is 15.4. The molecule has 138 valence electrons. The Morgan fingerprint density at radius 3 is 2.60 bits per heavy atom. The lowest BCUT2D eigenvalue weighted by Crippen LogP contribution is -2.55. The SMILES string of the molecule is CC1CCCCC1NC(=O)C(C)N1CCN(c2cccc(Cl)c2)CC1. The van der Waals surface area contributed by atoms with Crippen molar-refractivity contribution in [1.29, 1.82) is 0 Å². The third-order valence-corrected chi connectivity index (χ3v) is 6.09. The van der Waals surface area contributed by atoms with Crippen molar-refractivity contribution in [3.8, 4) is 0 Å². The summed E-state index contributed by atoms with van der Waals surface area (Å²) in [7, 11) is 0. The van der Waals surface area contributed by atoms with E-state index in [9.17, 15) is 4.79 Å². The van der Waals surface area contributed by atoms with Gasteiger partial charge in [-0.15, -0.1) is 0 Å². The molecule has 1 heterocycles. The molecule has 4 nitrogen and oxygen atoms in total. The molecule has 0 spiro atoms. The van der Waals surface area contributed by atoms with Crippen molar-refractivity contribution in [3.05, 3.63) is 29.3 Å². The Morgan fingerprint density at radius 2 is 1.92 bits per heavy atom. The monoisotopic (exact) mass is 363 g/mol. The van der Waals surface area contributed by atoms with Crippen molar-refractivity contribution in [2.45, 2.75) is 51.6 Å². The Balaban J connectivity index is 1.50. The molecule has 3 atom stereocenters. The molecule has 25 heavy (non-hydrogen) atoms. The molecule has 0 bridgehead atoms.